The summed E-state index contributed by atoms with van der Waals surface area (Å²) in [5, 5.41) is 0. The van der Waals surface area contributed by atoms with E-state index in [2.05, 4.69) is 31.2 Å². The second kappa shape index (κ2) is 10.4. The van der Waals surface area contributed by atoms with E-state index in [-0.39, 0.29) is 13.6 Å². The molecule has 2 saturated carbocycles. The normalized spacial score (nSPS) is 29.6. The number of rotatable bonds is 8. The number of hydrogen-bond donors (Lipinski definition) is 0. The minimum atomic E-state index is 0.277. The lowest BCUT2D eigenvalue weighted by Gasteiger charge is -2.37. The van der Waals surface area contributed by atoms with E-state index in [1.165, 1.54) is 62.5 Å². The van der Waals surface area contributed by atoms with Crippen molar-refractivity contribution in [1.29, 1.82) is 0 Å². The van der Waals surface area contributed by atoms with Gasteiger partial charge in [-0.05, 0) is 73.3 Å². The quantitative estimate of drug-likeness (QED) is 0.428. The molecule has 0 heterocycles. The van der Waals surface area contributed by atoms with Crippen LogP contribution >= 0.6 is 0 Å². The fraction of sp³-hybridized carbons (Fsp3) is 0.739. The van der Waals surface area contributed by atoms with Crippen LogP contribution in [0.2, 0.25) is 0 Å². The zero-order valence-corrected chi connectivity index (χ0v) is 16.6. The van der Waals surface area contributed by atoms with E-state index in [1.807, 2.05) is 0 Å². The van der Waals surface area contributed by atoms with Crippen LogP contribution in [0.3, 0.4) is 0 Å². The molecule has 3 nitrogen and oxygen atoms in total. The maximum atomic E-state index is 5.49. The topological polar surface area (TPSA) is 27.7 Å². The van der Waals surface area contributed by atoms with Crippen LogP contribution in [-0.2, 0) is 20.8 Å². The van der Waals surface area contributed by atoms with Crippen LogP contribution in [0.15, 0.2) is 24.3 Å². The molecule has 26 heavy (non-hydrogen) atoms. The molecule has 0 amide bonds. The summed E-state index contributed by atoms with van der Waals surface area (Å²) in [7, 11) is 1.61. The van der Waals surface area contributed by atoms with Gasteiger partial charge in [-0.3, -0.25) is 0 Å². The van der Waals surface area contributed by atoms with Crippen molar-refractivity contribution in [3.8, 4) is 0 Å². The molecular formula is C23H36O3. The SMILES string of the molecule is COCOCOCc1ccc(C2CCC(C3CCC(C)CC3)CC2)cc1. The first kappa shape index (κ1) is 19.9. The van der Waals surface area contributed by atoms with Crippen LogP contribution < -0.4 is 0 Å². The molecule has 0 bridgehead atoms. The summed E-state index contributed by atoms with van der Waals surface area (Å²) in [5.74, 6) is 3.75. The molecule has 2 aliphatic rings. The first-order chi connectivity index (χ1) is 12.8. The summed E-state index contributed by atoms with van der Waals surface area (Å²) < 4.78 is 15.5. The van der Waals surface area contributed by atoms with Crippen molar-refractivity contribution in [2.75, 3.05) is 20.7 Å². The van der Waals surface area contributed by atoms with Crippen molar-refractivity contribution in [2.24, 2.45) is 17.8 Å². The first-order valence-electron chi connectivity index (χ1n) is 10.5. The van der Waals surface area contributed by atoms with E-state index in [4.69, 9.17) is 14.2 Å². The van der Waals surface area contributed by atoms with Gasteiger partial charge in [-0.15, -0.1) is 0 Å². The lowest BCUT2D eigenvalue weighted by molar-refractivity contribution is -0.124. The Morgan fingerprint density at radius 2 is 1.38 bits per heavy atom. The van der Waals surface area contributed by atoms with Crippen molar-refractivity contribution in [3.63, 3.8) is 0 Å². The van der Waals surface area contributed by atoms with Crippen molar-refractivity contribution >= 4 is 0 Å². The van der Waals surface area contributed by atoms with Crippen molar-refractivity contribution < 1.29 is 14.2 Å². The van der Waals surface area contributed by atoms with Gasteiger partial charge in [-0.1, -0.05) is 44.0 Å². The van der Waals surface area contributed by atoms with Gasteiger partial charge in [0.15, 0.2) is 0 Å². The van der Waals surface area contributed by atoms with Gasteiger partial charge >= 0.3 is 0 Å². The van der Waals surface area contributed by atoms with Gasteiger partial charge in [0.05, 0.1) is 6.61 Å². The molecule has 1 aromatic rings. The lowest BCUT2D eigenvalue weighted by atomic mass is 9.68. The summed E-state index contributed by atoms with van der Waals surface area (Å²) in [4.78, 5) is 0. The molecule has 0 atom stereocenters. The van der Waals surface area contributed by atoms with E-state index >= 15 is 0 Å². The lowest BCUT2D eigenvalue weighted by Crippen LogP contribution is -2.24. The smallest absolute Gasteiger partial charge is 0.150 e. The Balaban J connectivity index is 1.40. The standard InChI is InChI=1S/C23H36O3/c1-18-3-7-20(8-4-18)22-11-13-23(14-12-22)21-9-5-19(6-10-21)15-25-17-26-16-24-2/h5-6,9-10,18,20,22-23H,3-4,7-8,11-17H2,1-2H3. The number of methoxy groups -OCH3 is 1. The van der Waals surface area contributed by atoms with E-state index in [9.17, 15) is 0 Å². The van der Waals surface area contributed by atoms with Gasteiger partial charge in [-0.2, -0.15) is 0 Å². The number of benzene rings is 1. The van der Waals surface area contributed by atoms with Crippen LogP contribution in [-0.4, -0.2) is 20.7 Å². The van der Waals surface area contributed by atoms with Crippen LogP contribution in [0.25, 0.3) is 0 Å². The monoisotopic (exact) mass is 360 g/mol. The zero-order valence-electron chi connectivity index (χ0n) is 16.6. The minimum Gasteiger partial charge on any atom is -0.359 e. The average molecular weight is 361 g/mol. The predicted molar refractivity (Wildman–Crippen MR) is 105 cm³/mol. The van der Waals surface area contributed by atoms with Crippen LogP contribution in [0.5, 0.6) is 0 Å². The van der Waals surface area contributed by atoms with Gasteiger partial charge in [0.1, 0.15) is 13.6 Å². The Bertz CT molecular complexity index is 497. The molecule has 0 N–H and O–H groups in total. The molecular weight excluding hydrogens is 324 g/mol. The van der Waals surface area contributed by atoms with Crippen molar-refractivity contribution in [3.05, 3.63) is 35.4 Å². The van der Waals surface area contributed by atoms with Crippen LogP contribution in [0.1, 0.15) is 75.3 Å². The minimum absolute atomic E-state index is 0.277. The second-order valence-corrected chi connectivity index (χ2v) is 8.45. The molecule has 3 heteroatoms. The van der Waals surface area contributed by atoms with Gasteiger partial charge in [0, 0.05) is 7.11 Å². The molecule has 3 rings (SSSR count). The number of ether oxygens (including phenoxy) is 3. The number of hydrogen-bond acceptors (Lipinski definition) is 3. The highest BCUT2D eigenvalue weighted by atomic mass is 16.7. The molecule has 2 fully saturated rings. The molecule has 146 valence electrons. The van der Waals surface area contributed by atoms with E-state index in [0.29, 0.717) is 6.61 Å². The highest BCUT2D eigenvalue weighted by Gasteiger charge is 2.30. The molecule has 0 aliphatic heterocycles. The van der Waals surface area contributed by atoms with Crippen LogP contribution in [0.4, 0.5) is 0 Å². The Kier molecular flexibility index (Phi) is 7.97. The third-order valence-electron chi connectivity index (χ3n) is 6.59. The Labute approximate surface area is 159 Å². The van der Waals surface area contributed by atoms with Gasteiger partial charge in [-0.25, -0.2) is 0 Å². The molecule has 1 aromatic carbocycles. The predicted octanol–water partition coefficient (Wildman–Crippen LogP) is 5.88. The van der Waals surface area contributed by atoms with Crippen LogP contribution in [0, 0.1) is 17.8 Å². The van der Waals surface area contributed by atoms with Crippen molar-refractivity contribution in [2.45, 2.75) is 70.8 Å². The highest BCUT2D eigenvalue weighted by molar-refractivity contribution is 5.25. The maximum Gasteiger partial charge on any atom is 0.150 e. The van der Waals surface area contributed by atoms with E-state index in [0.717, 1.165) is 23.7 Å². The highest BCUT2D eigenvalue weighted by Crippen LogP contribution is 2.43. The van der Waals surface area contributed by atoms with Crippen molar-refractivity contribution in [1.82, 2.24) is 0 Å². The fourth-order valence-corrected chi connectivity index (χ4v) is 4.90. The summed E-state index contributed by atoms with van der Waals surface area (Å²) in [5.41, 5.74) is 2.72. The first-order valence-corrected chi connectivity index (χ1v) is 10.5. The van der Waals surface area contributed by atoms with Gasteiger partial charge in [0.2, 0.25) is 0 Å². The van der Waals surface area contributed by atoms with E-state index < -0.39 is 0 Å². The third-order valence-corrected chi connectivity index (χ3v) is 6.59. The second-order valence-electron chi connectivity index (χ2n) is 8.45. The zero-order chi connectivity index (χ0) is 18.2. The van der Waals surface area contributed by atoms with Gasteiger partial charge in [0.25, 0.3) is 0 Å². The summed E-state index contributed by atoms with van der Waals surface area (Å²) in [6, 6.07) is 9.03. The summed E-state index contributed by atoms with van der Waals surface area (Å²) >= 11 is 0. The maximum absolute atomic E-state index is 5.49. The molecule has 0 spiro atoms. The van der Waals surface area contributed by atoms with E-state index in [1.54, 1.807) is 7.11 Å². The molecule has 0 saturated heterocycles. The Hall–Kier alpha value is -0.900. The average Bonchev–Trinajstić information content (AvgIpc) is 2.69. The fourth-order valence-electron chi connectivity index (χ4n) is 4.90. The summed E-state index contributed by atoms with van der Waals surface area (Å²) in [6.45, 7) is 3.58. The largest absolute Gasteiger partial charge is 0.359 e. The Morgan fingerprint density at radius 3 is 2.00 bits per heavy atom. The third kappa shape index (κ3) is 5.80. The summed E-state index contributed by atoms with van der Waals surface area (Å²) in [6.07, 6.45) is 11.5. The molecule has 0 aromatic heterocycles. The molecule has 0 radical (unpaired) electrons. The molecule has 2 aliphatic carbocycles. The van der Waals surface area contributed by atoms with Gasteiger partial charge < -0.3 is 14.2 Å². The Morgan fingerprint density at radius 1 is 0.769 bits per heavy atom. The molecule has 0 unspecified atom stereocenters.